The molecule has 4 rings (SSSR count). The first-order chi connectivity index (χ1) is 15.4. The van der Waals surface area contributed by atoms with Crippen LogP contribution in [0.5, 0.6) is 0 Å². The maximum Gasteiger partial charge on any atom is 0.407 e. The average Bonchev–Trinajstić information content (AvgIpc) is 3.11. The lowest BCUT2D eigenvalue weighted by Crippen LogP contribution is -2.43. The van der Waals surface area contributed by atoms with E-state index in [1.165, 1.54) is 0 Å². The number of carboxylic acids is 1. The van der Waals surface area contributed by atoms with Crippen molar-refractivity contribution in [1.82, 2.24) is 5.32 Å². The molecule has 0 fully saturated rings. The molecular formula is C24H18F3NO4. The van der Waals surface area contributed by atoms with Crippen molar-refractivity contribution in [3.8, 4) is 11.1 Å². The van der Waals surface area contributed by atoms with Crippen molar-refractivity contribution < 1.29 is 32.6 Å². The highest BCUT2D eigenvalue weighted by Gasteiger charge is 2.30. The number of hydrogen-bond acceptors (Lipinski definition) is 3. The Morgan fingerprint density at radius 2 is 1.47 bits per heavy atom. The number of alkyl carbamates (subject to hydrolysis) is 1. The van der Waals surface area contributed by atoms with Crippen molar-refractivity contribution in [3.05, 3.63) is 94.8 Å². The van der Waals surface area contributed by atoms with E-state index in [1.807, 2.05) is 48.5 Å². The average molecular weight is 441 g/mol. The molecule has 5 nitrogen and oxygen atoms in total. The summed E-state index contributed by atoms with van der Waals surface area (Å²) in [5, 5.41) is 11.5. The van der Waals surface area contributed by atoms with Gasteiger partial charge in [0.25, 0.3) is 0 Å². The Kier molecular flexibility index (Phi) is 5.85. The third-order valence-corrected chi connectivity index (χ3v) is 5.48. The summed E-state index contributed by atoms with van der Waals surface area (Å²) in [6.45, 7) is -0.0606. The highest BCUT2D eigenvalue weighted by molar-refractivity contribution is 5.81. The molecule has 32 heavy (non-hydrogen) atoms. The first-order valence-corrected chi connectivity index (χ1v) is 9.83. The van der Waals surface area contributed by atoms with Crippen molar-refractivity contribution >= 4 is 12.1 Å². The molecule has 0 heterocycles. The van der Waals surface area contributed by atoms with Crippen LogP contribution in [-0.2, 0) is 16.0 Å². The van der Waals surface area contributed by atoms with Crippen LogP contribution in [0.4, 0.5) is 18.0 Å². The smallest absolute Gasteiger partial charge is 0.407 e. The van der Waals surface area contributed by atoms with Gasteiger partial charge in [0.15, 0.2) is 11.6 Å². The molecule has 1 atom stereocenters. The number of halogens is 3. The van der Waals surface area contributed by atoms with Gasteiger partial charge in [0, 0.05) is 17.9 Å². The summed E-state index contributed by atoms with van der Waals surface area (Å²) >= 11 is 0. The van der Waals surface area contributed by atoms with Crippen LogP contribution in [0.25, 0.3) is 11.1 Å². The van der Waals surface area contributed by atoms with Gasteiger partial charge in [-0.2, -0.15) is 0 Å². The molecule has 0 aliphatic heterocycles. The molecule has 1 aliphatic carbocycles. The Balaban J connectivity index is 1.46. The lowest BCUT2D eigenvalue weighted by molar-refractivity contribution is -0.139. The minimum atomic E-state index is -1.71. The Bertz CT molecular complexity index is 1150. The van der Waals surface area contributed by atoms with Crippen LogP contribution in [0.3, 0.4) is 0 Å². The second-order valence-electron chi connectivity index (χ2n) is 7.39. The minimum Gasteiger partial charge on any atom is -0.480 e. The van der Waals surface area contributed by atoms with Crippen molar-refractivity contribution in [2.45, 2.75) is 18.4 Å². The van der Waals surface area contributed by atoms with Crippen LogP contribution in [0.15, 0.2) is 60.7 Å². The topological polar surface area (TPSA) is 75.6 Å². The van der Waals surface area contributed by atoms with Crippen LogP contribution in [0.2, 0.25) is 0 Å². The predicted octanol–water partition coefficient (Wildman–Crippen LogP) is 4.64. The summed E-state index contributed by atoms with van der Waals surface area (Å²) in [5.41, 5.74) is 3.23. The molecule has 3 aromatic carbocycles. The molecule has 0 spiro atoms. The second-order valence-corrected chi connectivity index (χ2v) is 7.39. The van der Waals surface area contributed by atoms with Crippen molar-refractivity contribution in [2.24, 2.45) is 0 Å². The zero-order chi connectivity index (χ0) is 22.8. The number of carbonyl (C=O) groups excluding carboxylic acids is 1. The Morgan fingerprint density at radius 3 is 2.06 bits per heavy atom. The van der Waals surface area contributed by atoms with Gasteiger partial charge in [-0.3, -0.25) is 0 Å². The van der Waals surface area contributed by atoms with Gasteiger partial charge in [0.05, 0.1) is 0 Å². The molecule has 2 N–H and O–H groups in total. The number of fused-ring (bicyclic) bond motifs is 3. The summed E-state index contributed by atoms with van der Waals surface area (Å²) in [7, 11) is 0. The van der Waals surface area contributed by atoms with Crippen LogP contribution >= 0.6 is 0 Å². The maximum absolute atomic E-state index is 13.9. The molecule has 1 aliphatic rings. The van der Waals surface area contributed by atoms with E-state index >= 15 is 0 Å². The summed E-state index contributed by atoms with van der Waals surface area (Å²) in [5.74, 6) is -5.70. The van der Waals surface area contributed by atoms with E-state index in [2.05, 4.69) is 5.32 Å². The first-order valence-electron chi connectivity index (χ1n) is 9.83. The van der Waals surface area contributed by atoms with E-state index in [4.69, 9.17) is 4.74 Å². The molecular weight excluding hydrogens is 423 g/mol. The van der Waals surface area contributed by atoms with Crippen molar-refractivity contribution in [1.29, 1.82) is 0 Å². The van der Waals surface area contributed by atoms with Crippen molar-refractivity contribution in [2.75, 3.05) is 6.61 Å². The van der Waals surface area contributed by atoms with Gasteiger partial charge in [0.2, 0.25) is 0 Å². The molecule has 3 aromatic rings. The number of carbonyl (C=O) groups is 2. The molecule has 1 amide bonds. The van der Waals surface area contributed by atoms with E-state index < -0.39 is 47.5 Å². The summed E-state index contributed by atoms with van der Waals surface area (Å²) in [6, 6.07) is 14.9. The molecule has 0 radical (unpaired) electrons. The number of rotatable bonds is 6. The third kappa shape index (κ3) is 4.03. The number of carboxylic acid groups (broad SMARTS) is 1. The Morgan fingerprint density at radius 1 is 0.906 bits per heavy atom. The monoisotopic (exact) mass is 441 g/mol. The summed E-state index contributed by atoms with van der Waals surface area (Å²) in [6.07, 6.45) is -1.84. The maximum atomic E-state index is 13.9. The zero-order valence-corrected chi connectivity index (χ0v) is 16.6. The normalized spacial score (nSPS) is 13.2. The number of nitrogens with one attached hydrogen (secondary N) is 1. The van der Waals surface area contributed by atoms with Gasteiger partial charge in [0.1, 0.15) is 18.5 Å². The fourth-order valence-electron chi connectivity index (χ4n) is 3.94. The summed E-state index contributed by atoms with van der Waals surface area (Å²) in [4.78, 5) is 23.8. The molecule has 164 valence electrons. The Labute approximate surface area is 181 Å². The highest BCUT2D eigenvalue weighted by Crippen LogP contribution is 2.44. The van der Waals surface area contributed by atoms with Gasteiger partial charge in [-0.15, -0.1) is 0 Å². The largest absolute Gasteiger partial charge is 0.480 e. The highest BCUT2D eigenvalue weighted by atomic mass is 19.2. The van der Waals surface area contributed by atoms with E-state index in [1.54, 1.807) is 0 Å². The number of benzene rings is 3. The van der Waals surface area contributed by atoms with Gasteiger partial charge in [-0.05, 0) is 34.4 Å². The van der Waals surface area contributed by atoms with Gasteiger partial charge in [-0.1, -0.05) is 48.5 Å². The van der Waals surface area contributed by atoms with Crippen LogP contribution in [0.1, 0.15) is 22.6 Å². The molecule has 1 unspecified atom stereocenters. The van der Waals surface area contributed by atoms with Gasteiger partial charge in [-0.25, -0.2) is 22.8 Å². The SMILES string of the molecule is O=C(NC(Cc1c(F)ccc(F)c1F)C(=O)O)OCC1c2ccccc2-c2ccccc21. The van der Waals surface area contributed by atoms with Crippen LogP contribution in [-0.4, -0.2) is 29.8 Å². The molecule has 0 saturated carbocycles. The number of hydrogen-bond donors (Lipinski definition) is 2. The van der Waals surface area contributed by atoms with E-state index in [0.717, 1.165) is 22.3 Å². The summed E-state index contributed by atoms with van der Waals surface area (Å²) < 4.78 is 46.5. The molecule has 0 bridgehead atoms. The first kappa shape index (κ1) is 21.4. The second kappa shape index (κ2) is 8.74. The van der Waals surface area contributed by atoms with Gasteiger partial charge < -0.3 is 15.2 Å². The standard InChI is InChI=1S/C24H18F3NO4/c25-19-9-10-20(26)22(27)17(19)11-21(23(29)30)28-24(31)32-12-18-15-7-3-1-5-13(15)14-6-2-4-8-16(14)18/h1-10,18,21H,11-12H2,(H,28,31)(H,29,30). The fraction of sp³-hybridized carbons (Fsp3) is 0.167. The zero-order valence-electron chi connectivity index (χ0n) is 16.6. The van der Waals surface area contributed by atoms with Crippen LogP contribution in [0, 0.1) is 17.5 Å². The fourth-order valence-corrected chi connectivity index (χ4v) is 3.94. The molecule has 0 saturated heterocycles. The van der Waals surface area contributed by atoms with E-state index in [0.29, 0.717) is 12.1 Å². The number of aliphatic carboxylic acids is 1. The number of amides is 1. The molecule has 0 aromatic heterocycles. The van der Waals surface area contributed by atoms with Gasteiger partial charge >= 0.3 is 12.1 Å². The molecule has 8 heteroatoms. The quantitative estimate of drug-likeness (QED) is 0.547. The van der Waals surface area contributed by atoms with E-state index in [-0.39, 0.29) is 12.5 Å². The van der Waals surface area contributed by atoms with Crippen LogP contribution < -0.4 is 5.32 Å². The minimum absolute atomic E-state index is 0.0606. The Hall–Kier alpha value is -3.81. The van der Waals surface area contributed by atoms with E-state index in [9.17, 15) is 27.9 Å². The lowest BCUT2D eigenvalue weighted by atomic mass is 9.98. The third-order valence-electron chi connectivity index (χ3n) is 5.48. The number of ether oxygens (including phenoxy) is 1. The van der Waals surface area contributed by atoms with Crippen molar-refractivity contribution in [3.63, 3.8) is 0 Å². The lowest BCUT2D eigenvalue weighted by Gasteiger charge is -2.18. The predicted molar refractivity (Wildman–Crippen MR) is 110 cm³/mol.